The molecular weight excluding hydrogens is 314 g/mol. The number of urea groups is 1. The van der Waals surface area contributed by atoms with Crippen molar-refractivity contribution in [3.8, 4) is 6.07 Å². The van der Waals surface area contributed by atoms with E-state index in [1.807, 2.05) is 66.9 Å². The van der Waals surface area contributed by atoms with Crippen LogP contribution in [0, 0.1) is 11.3 Å². The highest BCUT2D eigenvalue weighted by molar-refractivity contribution is 5.74. The predicted octanol–water partition coefficient (Wildman–Crippen LogP) is 2.40. The van der Waals surface area contributed by atoms with Gasteiger partial charge in [-0.1, -0.05) is 12.1 Å². The van der Waals surface area contributed by atoms with Crippen LogP contribution < -0.4 is 4.90 Å². The first-order valence-corrected chi connectivity index (χ1v) is 8.96. The molecule has 0 N–H and O–H groups in total. The van der Waals surface area contributed by atoms with Crippen LogP contribution in [0.25, 0.3) is 0 Å². The second kappa shape index (κ2) is 8.72. The number of nitriles is 1. The number of nitrogens with zero attached hydrogens (tertiary/aromatic N) is 5. The third-order valence-electron chi connectivity index (χ3n) is 4.83. The summed E-state index contributed by atoms with van der Waals surface area (Å²) in [6.07, 6.45) is 0. The number of amides is 2. The van der Waals surface area contributed by atoms with Gasteiger partial charge in [-0.25, -0.2) is 4.79 Å². The Morgan fingerprint density at radius 1 is 1.12 bits per heavy atom. The smallest absolute Gasteiger partial charge is 0.320 e. The quantitative estimate of drug-likeness (QED) is 0.824. The Hall–Kier alpha value is -2.26. The summed E-state index contributed by atoms with van der Waals surface area (Å²) in [4.78, 5) is 20.4. The Balaban J connectivity index is 2.00. The number of carbonyl (C=O) groups is 1. The van der Waals surface area contributed by atoms with Crippen LogP contribution in [0.2, 0.25) is 0 Å². The lowest BCUT2D eigenvalue weighted by molar-refractivity contribution is 0.104. The van der Waals surface area contributed by atoms with Gasteiger partial charge in [0.25, 0.3) is 0 Å². The topological polar surface area (TPSA) is 53.8 Å². The van der Waals surface area contributed by atoms with Gasteiger partial charge in [-0.3, -0.25) is 4.90 Å². The molecule has 6 heteroatoms. The summed E-state index contributed by atoms with van der Waals surface area (Å²) in [5, 5.41) is 9.66. The van der Waals surface area contributed by atoms with Crippen molar-refractivity contribution < 1.29 is 4.79 Å². The molecule has 1 aromatic rings. The minimum Gasteiger partial charge on any atom is -0.378 e. The van der Waals surface area contributed by atoms with Gasteiger partial charge in [-0.05, 0) is 31.5 Å². The van der Waals surface area contributed by atoms with Gasteiger partial charge >= 0.3 is 6.03 Å². The first-order valence-electron chi connectivity index (χ1n) is 8.96. The Morgan fingerprint density at radius 3 is 2.12 bits per heavy atom. The van der Waals surface area contributed by atoms with E-state index >= 15 is 0 Å². The first-order chi connectivity index (χ1) is 12.0. The number of carbonyl (C=O) groups excluding carboxylic acids is 1. The monoisotopic (exact) mass is 343 g/mol. The highest BCUT2D eigenvalue weighted by atomic mass is 16.2. The van der Waals surface area contributed by atoms with Crippen molar-refractivity contribution in [1.29, 1.82) is 5.26 Å². The van der Waals surface area contributed by atoms with E-state index in [4.69, 9.17) is 0 Å². The molecule has 1 fully saturated rings. The van der Waals surface area contributed by atoms with Crippen LogP contribution in [-0.2, 0) is 0 Å². The molecule has 1 saturated heterocycles. The Kier molecular flexibility index (Phi) is 6.65. The van der Waals surface area contributed by atoms with Crippen molar-refractivity contribution in [2.45, 2.75) is 19.9 Å². The molecule has 0 aliphatic carbocycles. The van der Waals surface area contributed by atoms with E-state index in [0.29, 0.717) is 13.1 Å². The fourth-order valence-electron chi connectivity index (χ4n) is 3.19. The van der Waals surface area contributed by atoms with Crippen molar-refractivity contribution in [3.63, 3.8) is 0 Å². The lowest BCUT2D eigenvalue weighted by atomic mass is 10.0. The van der Waals surface area contributed by atoms with Crippen molar-refractivity contribution in [3.05, 3.63) is 29.8 Å². The molecule has 1 atom stereocenters. The van der Waals surface area contributed by atoms with Crippen LogP contribution >= 0.6 is 0 Å². The molecule has 0 spiro atoms. The molecular formula is C19H29N5O. The maximum absolute atomic E-state index is 12.4. The van der Waals surface area contributed by atoms with E-state index in [9.17, 15) is 10.1 Å². The van der Waals surface area contributed by atoms with Crippen LogP contribution in [0.4, 0.5) is 10.5 Å². The summed E-state index contributed by atoms with van der Waals surface area (Å²) in [5.41, 5.74) is 2.13. The predicted molar refractivity (Wildman–Crippen MR) is 101 cm³/mol. The molecule has 0 bridgehead atoms. The zero-order valence-electron chi connectivity index (χ0n) is 15.8. The number of hydrogen-bond acceptors (Lipinski definition) is 4. The summed E-state index contributed by atoms with van der Waals surface area (Å²) in [7, 11) is 4.01. The number of rotatable bonds is 5. The highest BCUT2D eigenvalue weighted by Gasteiger charge is 2.28. The zero-order chi connectivity index (χ0) is 18.4. The lowest BCUT2D eigenvalue weighted by Gasteiger charge is -2.38. The maximum atomic E-state index is 12.4. The van der Waals surface area contributed by atoms with E-state index in [-0.39, 0.29) is 12.1 Å². The molecule has 2 amide bonds. The van der Waals surface area contributed by atoms with Crippen LogP contribution in [0.15, 0.2) is 24.3 Å². The van der Waals surface area contributed by atoms with E-state index in [0.717, 1.165) is 37.4 Å². The van der Waals surface area contributed by atoms with Crippen molar-refractivity contribution in [2.75, 3.05) is 58.3 Å². The molecule has 25 heavy (non-hydrogen) atoms. The molecule has 0 radical (unpaired) electrons. The summed E-state index contributed by atoms with van der Waals surface area (Å²) < 4.78 is 0. The van der Waals surface area contributed by atoms with Crippen LogP contribution in [0.1, 0.15) is 25.5 Å². The Labute approximate surface area is 151 Å². The summed E-state index contributed by atoms with van der Waals surface area (Å²) in [6.45, 7) is 8.25. The number of hydrogen-bond donors (Lipinski definition) is 0. The van der Waals surface area contributed by atoms with E-state index in [1.54, 1.807) is 0 Å². The van der Waals surface area contributed by atoms with E-state index < -0.39 is 0 Å². The number of anilines is 1. The van der Waals surface area contributed by atoms with Gasteiger partial charge in [-0.15, -0.1) is 0 Å². The number of benzene rings is 1. The zero-order valence-corrected chi connectivity index (χ0v) is 15.8. The molecule has 1 heterocycles. The SMILES string of the molecule is CCN(CC)C(=O)N1CCN(C(C#N)c2ccc(N(C)C)cc2)CC1. The molecule has 1 aliphatic rings. The first kappa shape index (κ1) is 19.1. The summed E-state index contributed by atoms with van der Waals surface area (Å²) in [5.74, 6) is 0. The normalized spacial score (nSPS) is 16.2. The van der Waals surface area contributed by atoms with Gasteiger partial charge in [0.15, 0.2) is 0 Å². The van der Waals surface area contributed by atoms with Gasteiger partial charge in [0.1, 0.15) is 6.04 Å². The fourth-order valence-corrected chi connectivity index (χ4v) is 3.19. The van der Waals surface area contributed by atoms with Crippen molar-refractivity contribution in [1.82, 2.24) is 14.7 Å². The second-order valence-corrected chi connectivity index (χ2v) is 6.50. The molecule has 6 nitrogen and oxygen atoms in total. The van der Waals surface area contributed by atoms with Gasteiger partial charge in [0.2, 0.25) is 0 Å². The van der Waals surface area contributed by atoms with Gasteiger partial charge in [0.05, 0.1) is 6.07 Å². The molecule has 0 aromatic heterocycles. The third-order valence-corrected chi connectivity index (χ3v) is 4.83. The average molecular weight is 343 g/mol. The second-order valence-electron chi connectivity index (χ2n) is 6.50. The number of piperazine rings is 1. The van der Waals surface area contributed by atoms with E-state index in [1.165, 1.54) is 0 Å². The molecule has 136 valence electrons. The van der Waals surface area contributed by atoms with E-state index in [2.05, 4.69) is 11.0 Å². The van der Waals surface area contributed by atoms with Gasteiger partial charge < -0.3 is 14.7 Å². The Bertz CT molecular complexity index is 595. The van der Waals surface area contributed by atoms with Crippen LogP contribution in [0.5, 0.6) is 0 Å². The molecule has 0 saturated carbocycles. The third kappa shape index (κ3) is 4.43. The van der Waals surface area contributed by atoms with Crippen molar-refractivity contribution in [2.24, 2.45) is 0 Å². The Morgan fingerprint density at radius 2 is 1.68 bits per heavy atom. The largest absolute Gasteiger partial charge is 0.378 e. The summed E-state index contributed by atoms with van der Waals surface area (Å²) in [6, 6.07) is 10.4. The summed E-state index contributed by atoms with van der Waals surface area (Å²) >= 11 is 0. The van der Waals surface area contributed by atoms with Gasteiger partial charge in [-0.2, -0.15) is 5.26 Å². The minimum atomic E-state index is -0.262. The minimum absolute atomic E-state index is 0.105. The molecule has 1 unspecified atom stereocenters. The van der Waals surface area contributed by atoms with Crippen molar-refractivity contribution >= 4 is 11.7 Å². The average Bonchev–Trinajstić information content (AvgIpc) is 2.64. The van der Waals surface area contributed by atoms with Crippen LogP contribution in [-0.4, -0.2) is 74.1 Å². The molecule has 1 aromatic carbocycles. The van der Waals surface area contributed by atoms with Crippen LogP contribution in [0.3, 0.4) is 0 Å². The molecule has 2 rings (SSSR count). The standard InChI is InChI=1S/C19H29N5O/c1-5-22(6-2)19(25)24-13-11-23(12-14-24)18(15-20)16-7-9-17(10-8-16)21(3)4/h7-10,18H,5-6,11-14H2,1-4H3. The lowest BCUT2D eigenvalue weighted by Crippen LogP contribution is -2.53. The maximum Gasteiger partial charge on any atom is 0.320 e. The van der Waals surface area contributed by atoms with Gasteiger partial charge in [0, 0.05) is 59.1 Å². The molecule has 1 aliphatic heterocycles. The fraction of sp³-hybridized carbons (Fsp3) is 0.579. The highest BCUT2D eigenvalue weighted by Crippen LogP contribution is 2.24.